The molecule has 3 nitrogen and oxygen atoms in total. The number of nitrogens with zero attached hydrogens (tertiary/aromatic N) is 2. The second-order valence-electron chi connectivity index (χ2n) is 3.83. The minimum Gasteiger partial charge on any atom is -0.285 e. The standard InChI is InChI=1S/C12H13ClN2O/c1-8-9(2)14(3)15(12(8)16)11-6-4-10(13)5-7-11/h4-7H,1-3H3. The maximum absolute atomic E-state index is 12.0. The fourth-order valence-electron chi connectivity index (χ4n) is 1.72. The van der Waals surface area contributed by atoms with Gasteiger partial charge >= 0.3 is 0 Å². The third-order valence-corrected chi connectivity index (χ3v) is 3.16. The van der Waals surface area contributed by atoms with Crippen molar-refractivity contribution >= 4 is 11.6 Å². The first kappa shape index (κ1) is 11.0. The van der Waals surface area contributed by atoms with Crippen LogP contribution < -0.4 is 5.56 Å². The summed E-state index contributed by atoms with van der Waals surface area (Å²) in [6, 6.07) is 7.23. The fraction of sp³-hybridized carbons (Fsp3) is 0.250. The molecule has 84 valence electrons. The van der Waals surface area contributed by atoms with Crippen LogP contribution >= 0.6 is 11.6 Å². The molecule has 0 fully saturated rings. The minimum absolute atomic E-state index is 0.0160. The number of benzene rings is 1. The molecule has 1 aromatic carbocycles. The van der Waals surface area contributed by atoms with Crippen LogP contribution in [0.2, 0.25) is 5.02 Å². The molecule has 2 aromatic rings. The van der Waals surface area contributed by atoms with Crippen LogP contribution in [0.3, 0.4) is 0 Å². The third-order valence-electron chi connectivity index (χ3n) is 2.91. The molecule has 0 saturated heterocycles. The van der Waals surface area contributed by atoms with Crippen molar-refractivity contribution in [1.29, 1.82) is 0 Å². The first-order valence-electron chi connectivity index (χ1n) is 5.03. The highest BCUT2D eigenvalue weighted by Gasteiger charge is 2.11. The molecule has 0 radical (unpaired) electrons. The predicted octanol–water partition coefficient (Wildman–Crippen LogP) is 2.45. The largest absolute Gasteiger partial charge is 0.285 e. The van der Waals surface area contributed by atoms with E-state index >= 15 is 0 Å². The van der Waals surface area contributed by atoms with E-state index in [0.29, 0.717) is 5.02 Å². The summed E-state index contributed by atoms with van der Waals surface area (Å²) in [6.07, 6.45) is 0. The fourth-order valence-corrected chi connectivity index (χ4v) is 1.84. The molecule has 0 unspecified atom stereocenters. The maximum atomic E-state index is 12.0. The Bertz CT molecular complexity index is 578. The maximum Gasteiger partial charge on any atom is 0.274 e. The van der Waals surface area contributed by atoms with Crippen LogP contribution in [0.4, 0.5) is 0 Å². The summed E-state index contributed by atoms with van der Waals surface area (Å²) in [5.41, 5.74) is 2.59. The first-order chi connectivity index (χ1) is 7.52. The first-order valence-corrected chi connectivity index (χ1v) is 5.41. The highest BCUT2D eigenvalue weighted by atomic mass is 35.5. The predicted molar refractivity (Wildman–Crippen MR) is 65.5 cm³/mol. The molecule has 1 heterocycles. The SMILES string of the molecule is Cc1c(C)n(C)n(-c2ccc(Cl)cc2)c1=O. The number of aromatic nitrogens is 2. The molecule has 0 aliphatic carbocycles. The smallest absolute Gasteiger partial charge is 0.274 e. The van der Waals surface area contributed by atoms with E-state index in [2.05, 4.69) is 0 Å². The Morgan fingerprint density at radius 2 is 1.69 bits per heavy atom. The highest BCUT2D eigenvalue weighted by Crippen LogP contribution is 2.13. The van der Waals surface area contributed by atoms with Crippen LogP contribution in [-0.2, 0) is 7.05 Å². The Morgan fingerprint density at radius 1 is 1.12 bits per heavy atom. The van der Waals surface area contributed by atoms with Gasteiger partial charge in [-0.25, -0.2) is 4.68 Å². The van der Waals surface area contributed by atoms with Crippen molar-refractivity contribution in [3.8, 4) is 5.69 Å². The van der Waals surface area contributed by atoms with Gasteiger partial charge in [0.05, 0.1) is 5.69 Å². The van der Waals surface area contributed by atoms with E-state index in [4.69, 9.17) is 11.6 Å². The summed E-state index contributed by atoms with van der Waals surface area (Å²) < 4.78 is 3.49. The molecule has 0 N–H and O–H groups in total. The van der Waals surface area contributed by atoms with Gasteiger partial charge in [0.1, 0.15) is 0 Å². The Balaban J connectivity index is 2.70. The normalized spacial score (nSPS) is 10.8. The van der Waals surface area contributed by atoms with Crippen molar-refractivity contribution in [2.24, 2.45) is 7.05 Å². The molecule has 0 atom stereocenters. The second-order valence-corrected chi connectivity index (χ2v) is 4.26. The van der Waals surface area contributed by atoms with Gasteiger partial charge in [0, 0.05) is 23.3 Å². The van der Waals surface area contributed by atoms with Gasteiger partial charge in [0.2, 0.25) is 0 Å². The van der Waals surface area contributed by atoms with Crippen LogP contribution in [0.5, 0.6) is 0 Å². The third kappa shape index (κ3) is 1.57. The lowest BCUT2D eigenvalue weighted by atomic mass is 10.3. The van der Waals surface area contributed by atoms with E-state index in [1.54, 1.807) is 16.8 Å². The Labute approximate surface area is 98.9 Å². The average molecular weight is 237 g/mol. The molecule has 0 aliphatic heterocycles. The Kier molecular flexibility index (Phi) is 2.64. The molecular formula is C12H13ClN2O. The van der Waals surface area contributed by atoms with E-state index in [-0.39, 0.29) is 5.56 Å². The Morgan fingerprint density at radius 3 is 2.12 bits per heavy atom. The summed E-state index contributed by atoms with van der Waals surface area (Å²) in [7, 11) is 1.87. The summed E-state index contributed by atoms with van der Waals surface area (Å²) in [5.74, 6) is 0. The second kappa shape index (κ2) is 3.83. The topological polar surface area (TPSA) is 26.9 Å². The molecule has 16 heavy (non-hydrogen) atoms. The van der Waals surface area contributed by atoms with Crippen molar-refractivity contribution < 1.29 is 0 Å². The van der Waals surface area contributed by atoms with Crippen molar-refractivity contribution in [3.05, 3.63) is 50.9 Å². The van der Waals surface area contributed by atoms with E-state index in [0.717, 1.165) is 16.9 Å². The zero-order valence-electron chi connectivity index (χ0n) is 9.49. The van der Waals surface area contributed by atoms with Gasteiger partial charge in [0.15, 0.2) is 0 Å². The van der Waals surface area contributed by atoms with E-state index in [1.165, 1.54) is 0 Å². The molecule has 0 amide bonds. The molecule has 1 aromatic heterocycles. The molecule has 0 aliphatic rings. The lowest BCUT2D eigenvalue weighted by molar-refractivity contribution is 0.630. The molecule has 4 heteroatoms. The van der Waals surface area contributed by atoms with E-state index in [1.807, 2.05) is 37.7 Å². The summed E-state index contributed by atoms with van der Waals surface area (Å²) in [5, 5.41) is 0.666. The van der Waals surface area contributed by atoms with Crippen molar-refractivity contribution in [2.45, 2.75) is 13.8 Å². The molecule has 0 saturated carbocycles. The number of rotatable bonds is 1. The van der Waals surface area contributed by atoms with Crippen LogP contribution in [0, 0.1) is 13.8 Å². The van der Waals surface area contributed by atoms with Gasteiger partial charge in [-0.05, 0) is 38.1 Å². The molecule has 0 spiro atoms. The van der Waals surface area contributed by atoms with E-state index in [9.17, 15) is 4.79 Å². The number of hydrogen-bond donors (Lipinski definition) is 0. The van der Waals surface area contributed by atoms with Crippen molar-refractivity contribution in [2.75, 3.05) is 0 Å². The van der Waals surface area contributed by atoms with Crippen LogP contribution in [0.1, 0.15) is 11.3 Å². The summed E-state index contributed by atoms with van der Waals surface area (Å²) >= 11 is 5.82. The summed E-state index contributed by atoms with van der Waals surface area (Å²) in [4.78, 5) is 12.0. The van der Waals surface area contributed by atoms with Crippen LogP contribution in [0.15, 0.2) is 29.1 Å². The highest BCUT2D eigenvalue weighted by molar-refractivity contribution is 6.30. The quantitative estimate of drug-likeness (QED) is 0.747. The molecule has 0 bridgehead atoms. The van der Waals surface area contributed by atoms with Crippen molar-refractivity contribution in [3.63, 3.8) is 0 Å². The number of hydrogen-bond acceptors (Lipinski definition) is 1. The van der Waals surface area contributed by atoms with Crippen LogP contribution in [-0.4, -0.2) is 9.36 Å². The lowest BCUT2D eigenvalue weighted by Gasteiger charge is -2.08. The van der Waals surface area contributed by atoms with Gasteiger partial charge in [-0.3, -0.25) is 9.48 Å². The molecule has 2 rings (SSSR count). The van der Waals surface area contributed by atoms with E-state index < -0.39 is 0 Å². The zero-order valence-corrected chi connectivity index (χ0v) is 10.2. The Hall–Kier alpha value is -1.48. The van der Waals surface area contributed by atoms with Crippen LogP contribution in [0.25, 0.3) is 5.69 Å². The number of halogens is 1. The van der Waals surface area contributed by atoms with Gasteiger partial charge in [-0.15, -0.1) is 0 Å². The lowest BCUT2D eigenvalue weighted by Crippen LogP contribution is -2.20. The van der Waals surface area contributed by atoms with Gasteiger partial charge in [-0.1, -0.05) is 11.6 Å². The minimum atomic E-state index is 0.0160. The van der Waals surface area contributed by atoms with Gasteiger partial charge in [0.25, 0.3) is 5.56 Å². The summed E-state index contributed by atoms with van der Waals surface area (Å²) in [6.45, 7) is 3.77. The molecular weight excluding hydrogens is 224 g/mol. The van der Waals surface area contributed by atoms with Crippen molar-refractivity contribution in [1.82, 2.24) is 9.36 Å². The average Bonchev–Trinajstić information content (AvgIpc) is 2.46. The zero-order chi connectivity index (χ0) is 11.9. The van der Waals surface area contributed by atoms with Gasteiger partial charge < -0.3 is 0 Å². The van der Waals surface area contributed by atoms with Gasteiger partial charge in [-0.2, -0.15) is 0 Å². The monoisotopic (exact) mass is 236 g/mol.